The van der Waals surface area contributed by atoms with E-state index in [0.29, 0.717) is 5.69 Å². The Hall–Kier alpha value is -3.36. The molecule has 0 aliphatic heterocycles. The minimum Gasteiger partial charge on any atom is -0.332 e. The minimum atomic E-state index is -1.06. The number of nitrogens with zero attached hydrogens (tertiary/aromatic N) is 2. The van der Waals surface area contributed by atoms with Gasteiger partial charge in [0.05, 0.1) is 11.5 Å². The van der Waals surface area contributed by atoms with E-state index in [-0.39, 0.29) is 12.1 Å². The van der Waals surface area contributed by atoms with E-state index in [2.05, 4.69) is 5.32 Å². The Morgan fingerprint density at radius 3 is 2.40 bits per heavy atom. The van der Waals surface area contributed by atoms with E-state index in [0.717, 1.165) is 23.1 Å². The second-order valence-electron chi connectivity index (χ2n) is 5.14. The molecule has 0 unspecified atom stereocenters. The first-order valence-electron chi connectivity index (χ1n) is 7.02. The highest BCUT2D eigenvalue weighted by Gasteiger charge is 2.20. The van der Waals surface area contributed by atoms with Crippen molar-refractivity contribution in [2.24, 2.45) is 0 Å². The van der Waals surface area contributed by atoms with Gasteiger partial charge in [0, 0.05) is 24.4 Å². The lowest BCUT2D eigenvalue weighted by Crippen LogP contribution is -2.35. The van der Waals surface area contributed by atoms with Crippen molar-refractivity contribution < 1.29 is 23.3 Å². The Morgan fingerprint density at radius 1 is 1.16 bits per heavy atom. The van der Waals surface area contributed by atoms with Crippen molar-refractivity contribution in [2.75, 3.05) is 18.9 Å². The third-order valence-corrected chi connectivity index (χ3v) is 3.25. The second kappa shape index (κ2) is 7.47. The molecule has 2 amide bonds. The number of rotatable bonds is 5. The van der Waals surface area contributed by atoms with E-state index in [1.807, 2.05) is 0 Å². The molecular weight excluding hydrogens is 336 g/mol. The Bertz CT molecular complexity index is 825. The molecule has 0 fully saturated rings. The van der Waals surface area contributed by atoms with Gasteiger partial charge < -0.3 is 10.2 Å². The summed E-state index contributed by atoms with van der Waals surface area (Å²) in [6, 6.07) is 7.78. The van der Waals surface area contributed by atoms with Crippen molar-refractivity contribution in [3.05, 3.63) is 69.8 Å². The fourth-order valence-corrected chi connectivity index (χ4v) is 2.03. The summed E-state index contributed by atoms with van der Waals surface area (Å²) in [5.74, 6) is -2.74. The summed E-state index contributed by atoms with van der Waals surface area (Å²) >= 11 is 0. The molecule has 25 heavy (non-hydrogen) atoms. The van der Waals surface area contributed by atoms with Gasteiger partial charge >= 0.3 is 5.69 Å². The molecule has 0 bridgehead atoms. The predicted octanol–water partition coefficient (Wildman–Crippen LogP) is 2.58. The lowest BCUT2D eigenvalue weighted by Gasteiger charge is -2.17. The van der Waals surface area contributed by atoms with Crippen LogP contribution in [0.3, 0.4) is 0 Å². The van der Waals surface area contributed by atoms with Gasteiger partial charge in [-0.05, 0) is 36.4 Å². The maximum Gasteiger partial charge on any atom is 0.305 e. The van der Waals surface area contributed by atoms with Crippen LogP contribution >= 0.6 is 0 Å². The maximum atomic E-state index is 13.3. The Morgan fingerprint density at radius 2 is 1.80 bits per heavy atom. The number of hydrogen-bond donors (Lipinski definition) is 1. The van der Waals surface area contributed by atoms with Crippen molar-refractivity contribution in [1.29, 1.82) is 0 Å². The smallest absolute Gasteiger partial charge is 0.305 e. The number of benzene rings is 2. The first-order chi connectivity index (χ1) is 11.8. The monoisotopic (exact) mass is 349 g/mol. The number of anilines is 1. The molecule has 0 spiro atoms. The van der Waals surface area contributed by atoms with E-state index < -0.39 is 34.1 Å². The van der Waals surface area contributed by atoms with Gasteiger partial charge in [-0.15, -0.1) is 0 Å². The average Bonchev–Trinajstić information content (AvgIpc) is 2.56. The molecule has 7 nitrogen and oxygen atoms in total. The molecule has 130 valence electrons. The molecule has 1 N–H and O–H groups in total. The SMILES string of the molecule is CN(CC(=O)Nc1ccc(F)cc1)C(=O)c1ccc(F)c([N+](=O)[O-])c1. The second-order valence-corrected chi connectivity index (χ2v) is 5.14. The topological polar surface area (TPSA) is 92.6 Å². The molecule has 0 radical (unpaired) electrons. The number of nitrogens with one attached hydrogen (secondary N) is 1. The van der Waals surface area contributed by atoms with E-state index in [1.54, 1.807) is 0 Å². The number of nitro benzene ring substituents is 1. The zero-order valence-electron chi connectivity index (χ0n) is 13.0. The van der Waals surface area contributed by atoms with Crippen molar-refractivity contribution in [2.45, 2.75) is 0 Å². The average molecular weight is 349 g/mol. The van der Waals surface area contributed by atoms with Crippen LogP contribution in [0.2, 0.25) is 0 Å². The molecule has 2 aromatic carbocycles. The van der Waals surface area contributed by atoms with Crippen LogP contribution in [0, 0.1) is 21.7 Å². The highest BCUT2D eigenvalue weighted by molar-refractivity contribution is 5.99. The Kier molecular flexibility index (Phi) is 5.38. The molecule has 0 saturated carbocycles. The van der Waals surface area contributed by atoms with Crippen molar-refractivity contribution >= 4 is 23.2 Å². The summed E-state index contributed by atoms with van der Waals surface area (Å²) in [4.78, 5) is 34.9. The molecule has 0 saturated heterocycles. The summed E-state index contributed by atoms with van der Waals surface area (Å²) in [5.41, 5.74) is -0.593. The van der Waals surface area contributed by atoms with Crippen molar-refractivity contribution in [3.8, 4) is 0 Å². The highest BCUT2D eigenvalue weighted by atomic mass is 19.1. The standard InChI is InChI=1S/C16H13F2N3O4/c1-20(9-15(22)19-12-5-3-11(17)4-6-12)16(23)10-2-7-13(18)14(8-10)21(24)25/h2-8H,9H2,1H3,(H,19,22). The number of halogens is 2. The molecule has 9 heteroatoms. The summed E-state index contributed by atoms with van der Waals surface area (Å²) in [6.45, 7) is -0.346. The largest absolute Gasteiger partial charge is 0.332 e. The molecule has 2 rings (SSSR count). The number of carbonyl (C=O) groups excluding carboxylic acids is 2. The summed E-state index contributed by atoms with van der Waals surface area (Å²) < 4.78 is 26.1. The van der Waals surface area contributed by atoms with Crippen LogP contribution in [-0.2, 0) is 4.79 Å². The van der Waals surface area contributed by atoms with Gasteiger partial charge in [-0.25, -0.2) is 4.39 Å². The molecule has 0 aliphatic rings. The first-order valence-corrected chi connectivity index (χ1v) is 7.02. The number of nitro groups is 1. The lowest BCUT2D eigenvalue weighted by atomic mass is 10.1. The van der Waals surface area contributed by atoms with Gasteiger partial charge in [-0.2, -0.15) is 4.39 Å². The minimum absolute atomic E-state index is 0.120. The summed E-state index contributed by atoms with van der Waals surface area (Å²) in [5, 5.41) is 13.2. The number of amides is 2. The van der Waals surface area contributed by atoms with Gasteiger partial charge in [-0.1, -0.05) is 0 Å². The maximum absolute atomic E-state index is 13.3. The third kappa shape index (κ3) is 4.56. The van der Waals surface area contributed by atoms with Crippen molar-refractivity contribution in [3.63, 3.8) is 0 Å². The van der Waals surface area contributed by atoms with Crippen LogP contribution < -0.4 is 5.32 Å². The fourth-order valence-electron chi connectivity index (χ4n) is 2.03. The zero-order valence-corrected chi connectivity index (χ0v) is 13.0. The fraction of sp³-hybridized carbons (Fsp3) is 0.125. The van der Waals surface area contributed by atoms with Crippen LogP contribution in [0.4, 0.5) is 20.2 Å². The zero-order chi connectivity index (χ0) is 18.6. The molecule has 0 aromatic heterocycles. The van der Waals surface area contributed by atoms with Crippen LogP contribution in [0.15, 0.2) is 42.5 Å². The predicted molar refractivity (Wildman–Crippen MR) is 85.0 cm³/mol. The van der Waals surface area contributed by atoms with Crippen LogP contribution in [0.25, 0.3) is 0 Å². The summed E-state index contributed by atoms with van der Waals surface area (Å²) in [6.07, 6.45) is 0. The first kappa shape index (κ1) is 18.0. The van der Waals surface area contributed by atoms with E-state index in [9.17, 15) is 28.5 Å². The van der Waals surface area contributed by atoms with Crippen LogP contribution in [-0.4, -0.2) is 35.2 Å². The van der Waals surface area contributed by atoms with Gasteiger partial charge in [0.25, 0.3) is 5.91 Å². The molecule has 2 aromatic rings. The van der Waals surface area contributed by atoms with Gasteiger partial charge in [-0.3, -0.25) is 19.7 Å². The number of likely N-dealkylation sites (N-methyl/N-ethyl adjacent to an activating group) is 1. The normalized spacial score (nSPS) is 10.2. The van der Waals surface area contributed by atoms with Gasteiger partial charge in [0.1, 0.15) is 5.82 Å². The Balaban J connectivity index is 2.04. The highest BCUT2D eigenvalue weighted by Crippen LogP contribution is 2.19. The van der Waals surface area contributed by atoms with Crippen molar-refractivity contribution in [1.82, 2.24) is 4.90 Å². The van der Waals surface area contributed by atoms with Crippen LogP contribution in [0.5, 0.6) is 0 Å². The van der Waals surface area contributed by atoms with E-state index in [4.69, 9.17) is 0 Å². The van der Waals surface area contributed by atoms with Crippen LogP contribution in [0.1, 0.15) is 10.4 Å². The third-order valence-electron chi connectivity index (χ3n) is 3.25. The summed E-state index contributed by atoms with van der Waals surface area (Å²) in [7, 11) is 1.32. The molecular formula is C16H13F2N3O4. The molecule has 0 aliphatic carbocycles. The van der Waals surface area contributed by atoms with Gasteiger partial charge in [0.15, 0.2) is 0 Å². The molecule has 0 heterocycles. The van der Waals surface area contributed by atoms with E-state index >= 15 is 0 Å². The number of hydrogen-bond acceptors (Lipinski definition) is 4. The Labute approximate surface area is 141 Å². The lowest BCUT2D eigenvalue weighted by molar-refractivity contribution is -0.387. The quantitative estimate of drug-likeness (QED) is 0.663. The van der Waals surface area contributed by atoms with E-state index in [1.165, 1.54) is 31.3 Å². The number of carbonyl (C=O) groups is 2. The van der Waals surface area contributed by atoms with Gasteiger partial charge in [0.2, 0.25) is 11.7 Å². The molecule has 0 atom stereocenters.